The second kappa shape index (κ2) is 7.31. The minimum absolute atomic E-state index is 0.483. The summed E-state index contributed by atoms with van der Waals surface area (Å²) in [5.74, 6) is 2.64. The van der Waals surface area contributed by atoms with Gasteiger partial charge in [-0.1, -0.05) is 6.07 Å². The Morgan fingerprint density at radius 2 is 1.75 bits per heavy atom. The Morgan fingerprint density at radius 1 is 0.958 bits per heavy atom. The van der Waals surface area contributed by atoms with Crippen LogP contribution in [0.2, 0.25) is 0 Å². The molecule has 2 aromatic heterocycles. The minimum Gasteiger partial charge on any atom is -0.495 e. The highest BCUT2D eigenvalue weighted by molar-refractivity contribution is 9.10. The van der Waals surface area contributed by atoms with Gasteiger partial charge in [0.2, 0.25) is 5.88 Å². The highest BCUT2D eigenvalue weighted by Crippen LogP contribution is 2.30. The molecule has 0 fully saturated rings. The first-order valence-electron chi connectivity index (χ1n) is 7.31. The van der Waals surface area contributed by atoms with Crippen LogP contribution in [0, 0.1) is 6.92 Å². The van der Waals surface area contributed by atoms with E-state index in [1.807, 2.05) is 49.5 Å². The normalized spacial score (nSPS) is 10.3. The summed E-state index contributed by atoms with van der Waals surface area (Å²) in [6, 6.07) is 13.4. The Kier molecular flexibility index (Phi) is 4.96. The molecule has 24 heavy (non-hydrogen) atoms. The van der Waals surface area contributed by atoms with Crippen molar-refractivity contribution in [3.05, 3.63) is 64.9 Å². The number of aromatic nitrogens is 2. The first kappa shape index (κ1) is 16.3. The fourth-order valence-corrected chi connectivity index (χ4v) is 2.41. The third-order valence-corrected chi connectivity index (χ3v) is 3.84. The zero-order chi connectivity index (χ0) is 16.9. The highest BCUT2D eigenvalue weighted by atomic mass is 79.9. The Balaban J connectivity index is 1.69. The summed E-state index contributed by atoms with van der Waals surface area (Å²) in [6.45, 7) is 2.01. The lowest BCUT2D eigenvalue weighted by molar-refractivity contribution is 0.406. The predicted molar refractivity (Wildman–Crippen MR) is 97.3 cm³/mol. The molecule has 1 aromatic carbocycles. The van der Waals surface area contributed by atoms with Crippen molar-refractivity contribution in [3.63, 3.8) is 0 Å². The van der Waals surface area contributed by atoms with Gasteiger partial charge >= 0.3 is 0 Å². The largest absolute Gasteiger partial charge is 0.495 e. The SMILES string of the molecule is COc1cnc(Oc2ccc(Nc3ccc(C)cn3)cc2)c(Br)c1. The molecule has 0 aliphatic rings. The van der Waals surface area contributed by atoms with Crippen molar-refractivity contribution >= 4 is 27.4 Å². The molecule has 3 aromatic rings. The fourth-order valence-electron chi connectivity index (χ4n) is 2.00. The van der Waals surface area contributed by atoms with Gasteiger partial charge in [-0.2, -0.15) is 0 Å². The van der Waals surface area contributed by atoms with Crippen LogP contribution < -0.4 is 14.8 Å². The van der Waals surface area contributed by atoms with Gasteiger partial charge in [0.1, 0.15) is 17.3 Å². The number of methoxy groups -OCH3 is 1. The summed E-state index contributed by atoms with van der Waals surface area (Å²) in [7, 11) is 1.60. The van der Waals surface area contributed by atoms with E-state index in [1.165, 1.54) is 0 Å². The second-order valence-corrected chi connectivity index (χ2v) is 5.99. The zero-order valence-corrected chi connectivity index (χ0v) is 14.9. The molecule has 0 aliphatic heterocycles. The number of anilines is 2. The lowest BCUT2D eigenvalue weighted by Crippen LogP contribution is -1.94. The molecule has 5 nitrogen and oxygen atoms in total. The van der Waals surface area contributed by atoms with Crippen molar-refractivity contribution in [2.24, 2.45) is 0 Å². The highest BCUT2D eigenvalue weighted by Gasteiger charge is 2.06. The maximum atomic E-state index is 5.77. The zero-order valence-electron chi connectivity index (χ0n) is 13.3. The monoisotopic (exact) mass is 385 g/mol. The van der Waals surface area contributed by atoms with Crippen LogP contribution in [0.1, 0.15) is 5.56 Å². The summed E-state index contributed by atoms with van der Waals surface area (Å²) in [5.41, 5.74) is 2.06. The van der Waals surface area contributed by atoms with Crippen molar-refractivity contribution in [2.45, 2.75) is 6.92 Å². The summed E-state index contributed by atoms with van der Waals surface area (Å²) in [4.78, 5) is 8.54. The van der Waals surface area contributed by atoms with Gasteiger partial charge in [-0.3, -0.25) is 0 Å². The van der Waals surface area contributed by atoms with E-state index in [-0.39, 0.29) is 0 Å². The Bertz CT molecular complexity index is 821. The smallest absolute Gasteiger partial charge is 0.233 e. The Hall–Kier alpha value is -2.60. The molecule has 0 saturated carbocycles. The van der Waals surface area contributed by atoms with Gasteiger partial charge in [-0.25, -0.2) is 9.97 Å². The van der Waals surface area contributed by atoms with Crippen molar-refractivity contribution in [2.75, 3.05) is 12.4 Å². The van der Waals surface area contributed by atoms with E-state index >= 15 is 0 Å². The van der Waals surface area contributed by atoms with E-state index in [1.54, 1.807) is 19.4 Å². The first-order chi connectivity index (χ1) is 11.6. The average molecular weight is 386 g/mol. The number of nitrogens with zero attached hydrogens (tertiary/aromatic N) is 2. The topological polar surface area (TPSA) is 56.3 Å². The number of pyridine rings is 2. The number of hydrogen-bond acceptors (Lipinski definition) is 5. The van der Waals surface area contributed by atoms with Crippen LogP contribution >= 0.6 is 15.9 Å². The van der Waals surface area contributed by atoms with Gasteiger partial charge < -0.3 is 14.8 Å². The first-order valence-corrected chi connectivity index (χ1v) is 8.10. The van der Waals surface area contributed by atoms with Gasteiger partial charge in [0.05, 0.1) is 17.8 Å². The number of aryl methyl sites for hydroxylation is 1. The Morgan fingerprint density at radius 3 is 2.38 bits per heavy atom. The van der Waals surface area contributed by atoms with Gasteiger partial charge in [-0.05, 0) is 58.7 Å². The predicted octanol–water partition coefficient (Wildman–Crippen LogP) is 5.09. The van der Waals surface area contributed by atoms with E-state index in [0.717, 1.165) is 21.5 Å². The number of rotatable bonds is 5. The fraction of sp³-hybridized carbons (Fsp3) is 0.111. The molecule has 122 valence electrons. The number of benzene rings is 1. The molecule has 0 bridgehead atoms. The molecule has 6 heteroatoms. The van der Waals surface area contributed by atoms with E-state index < -0.39 is 0 Å². The molecule has 0 spiro atoms. The van der Waals surface area contributed by atoms with Crippen LogP contribution in [0.4, 0.5) is 11.5 Å². The molecule has 0 atom stereocenters. The molecule has 0 unspecified atom stereocenters. The van der Waals surface area contributed by atoms with Crippen LogP contribution in [-0.2, 0) is 0 Å². The number of nitrogens with one attached hydrogen (secondary N) is 1. The molecule has 3 rings (SSSR count). The number of hydrogen-bond donors (Lipinski definition) is 1. The second-order valence-electron chi connectivity index (χ2n) is 5.13. The van der Waals surface area contributed by atoms with Crippen molar-refractivity contribution < 1.29 is 9.47 Å². The van der Waals surface area contributed by atoms with Gasteiger partial charge in [0.25, 0.3) is 0 Å². The average Bonchev–Trinajstić information content (AvgIpc) is 2.60. The lowest BCUT2D eigenvalue weighted by Gasteiger charge is -2.09. The molecular formula is C18H16BrN3O2. The molecule has 1 N–H and O–H groups in total. The summed E-state index contributed by atoms with van der Waals surface area (Å²) >= 11 is 3.42. The number of ether oxygens (including phenoxy) is 2. The quantitative estimate of drug-likeness (QED) is 0.662. The van der Waals surface area contributed by atoms with Crippen molar-refractivity contribution in [1.29, 1.82) is 0 Å². The van der Waals surface area contributed by atoms with Crippen LogP contribution in [-0.4, -0.2) is 17.1 Å². The standard InChI is InChI=1S/C18H16BrN3O2/c1-12-3-8-17(20-10-12)22-13-4-6-14(7-5-13)24-18-16(19)9-15(23-2)11-21-18/h3-11H,1-2H3,(H,20,22). The van der Waals surface area contributed by atoms with E-state index in [9.17, 15) is 0 Å². The molecule has 0 saturated heterocycles. The van der Waals surface area contributed by atoms with Crippen LogP contribution in [0.5, 0.6) is 17.4 Å². The summed E-state index contributed by atoms with van der Waals surface area (Å²) in [5, 5.41) is 3.24. The van der Waals surface area contributed by atoms with Crippen LogP contribution in [0.15, 0.2) is 59.3 Å². The lowest BCUT2D eigenvalue weighted by atomic mass is 10.3. The van der Waals surface area contributed by atoms with E-state index in [4.69, 9.17) is 9.47 Å². The molecular weight excluding hydrogens is 370 g/mol. The van der Waals surface area contributed by atoms with Crippen molar-refractivity contribution in [1.82, 2.24) is 9.97 Å². The van der Waals surface area contributed by atoms with Crippen molar-refractivity contribution in [3.8, 4) is 17.4 Å². The summed E-state index contributed by atoms with van der Waals surface area (Å²) < 4.78 is 11.6. The molecule has 0 amide bonds. The molecule has 2 heterocycles. The van der Waals surface area contributed by atoms with E-state index in [2.05, 4.69) is 31.2 Å². The number of halogens is 1. The Labute approximate surface area is 148 Å². The maximum absolute atomic E-state index is 5.77. The molecule has 0 aliphatic carbocycles. The van der Waals surface area contributed by atoms with Gasteiger partial charge in [0.15, 0.2) is 0 Å². The van der Waals surface area contributed by atoms with Gasteiger partial charge in [-0.15, -0.1) is 0 Å². The third-order valence-electron chi connectivity index (χ3n) is 3.27. The van der Waals surface area contributed by atoms with Gasteiger partial charge in [0, 0.05) is 18.0 Å². The minimum atomic E-state index is 0.483. The molecule has 0 radical (unpaired) electrons. The third kappa shape index (κ3) is 4.02. The maximum Gasteiger partial charge on any atom is 0.233 e. The van der Waals surface area contributed by atoms with E-state index in [0.29, 0.717) is 17.4 Å². The van der Waals surface area contributed by atoms with Crippen LogP contribution in [0.3, 0.4) is 0 Å². The summed E-state index contributed by atoms with van der Waals surface area (Å²) in [6.07, 6.45) is 3.44. The van der Waals surface area contributed by atoms with Crippen LogP contribution in [0.25, 0.3) is 0 Å².